The summed E-state index contributed by atoms with van der Waals surface area (Å²) in [5.74, 6) is 0. The van der Waals surface area contributed by atoms with E-state index in [4.69, 9.17) is 0 Å². The minimum absolute atomic E-state index is 1.20. The molecule has 0 bridgehead atoms. The maximum Gasteiger partial charge on any atom is 0.0626 e. The van der Waals surface area contributed by atoms with E-state index in [1.807, 2.05) is 0 Å². The van der Waals surface area contributed by atoms with Gasteiger partial charge in [0, 0.05) is 43.1 Å². The Labute approximate surface area is 448 Å². The molecule has 4 aromatic heterocycles. The highest BCUT2D eigenvalue weighted by molar-refractivity contribution is 6.33. The summed E-state index contributed by atoms with van der Waals surface area (Å²) in [5.41, 5.74) is 19.8. The summed E-state index contributed by atoms with van der Waals surface area (Å²) in [5, 5.41) is 20.1. The zero-order valence-electron chi connectivity index (χ0n) is 42.3. The van der Waals surface area contributed by atoms with E-state index in [0.29, 0.717) is 0 Å². The summed E-state index contributed by atoms with van der Waals surface area (Å²) in [4.78, 5) is 0. The molecule has 0 unspecified atom stereocenters. The molecule has 4 heterocycles. The van der Waals surface area contributed by atoms with E-state index in [0.717, 1.165) is 0 Å². The van der Waals surface area contributed by atoms with Crippen molar-refractivity contribution < 1.29 is 0 Å². The molecule has 0 aliphatic rings. The number of hydrogen-bond acceptors (Lipinski definition) is 0. The summed E-state index contributed by atoms with van der Waals surface area (Å²) in [6, 6.07) is 100. The molecule has 78 heavy (non-hydrogen) atoms. The minimum Gasteiger partial charge on any atom is -0.308 e. The van der Waals surface area contributed by atoms with E-state index >= 15 is 0 Å². The molecule has 18 rings (SSSR count). The van der Waals surface area contributed by atoms with Gasteiger partial charge in [0.2, 0.25) is 0 Å². The summed E-state index contributed by atoms with van der Waals surface area (Å²) < 4.78 is 5.02. The van der Waals surface area contributed by atoms with Crippen molar-refractivity contribution in [2.75, 3.05) is 0 Å². The van der Waals surface area contributed by atoms with Gasteiger partial charge in [-0.2, -0.15) is 0 Å². The van der Waals surface area contributed by atoms with E-state index in [2.05, 4.69) is 276 Å². The molecule has 0 saturated carbocycles. The van der Waals surface area contributed by atoms with Gasteiger partial charge in [0.05, 0.1) is 33.1 Å². The van der Waals surface area contributed by atoms with Gasteiger partial charge in [-0.25, -0.2) is 0 Å². The van der Waals surface area contributed by atoms with Gasteiger partial charge >= 0.3 is 0 Å². The van der Waals surface area contributed by atoms with Crippen molar-refractivity contribution in [2.24, 2.45) is 0 Å². The van der Waals surface area contributed by atoms with Crippen LogP contribution in [0.5, 0.6) is 0 Å². The van der Waals surface area contributed by atoms with Crippen molar-refractivity contribution in [1.29, 1.82) is 0 Å². The zero-order valence-corrected chi connectivity index (χ0v) is 42.3. The number of para-hydroxylation sites is 4. The van der Waals surface area contributed by atoms with Gasteiger partial charge in [-0.3, -0.25) is 0 Å². The first-order chi connectivity index (χ1) is 38.8. The summed E-state index contributed by atoms with van der Waals surface area (Å²) in [7, 11) is 0. The fraction of sp³-hybridized carbons (Fsp3) is 0. The van der Waals surface area contributed by atoms with Crippen LogP contribution in [0.4, 0.5) is 0 Å². The second-order valence-electron chi connectivity index (χ2n) is 21.3. The zero-order chi connectivity index (χ0) is 50.7. The highest BCUT2D eigenvalue weighted by atomic mass is 14.9. The smallest absolute Gasteiger partial charge is 0.0626 e. The molecule has 0 N–H and O–H groups in total. The van der Waals surface area contributed by atoms with Crippen molar-refractivity contribution in [3.05, 3.63) is 267 Å². The molecule has 14 aromatic carbocycles. The average Bonchev–Trinajstić information content (AvgIpc) is 4.33. The Morgan fingerprint density at radius 1 is 0.179 bits per heavy atom. The molecule has 0 amide bonds. The first-order valence-electron chi connectivity index (χ1n) is 27.2. The van der Waals surface area contributed by atoms with Crippen LogP contribution in [0, 0.1) is 0 Å². The maximum atomic E-state index is 2.55. The molecular formula is C76H44N2. The van der Waals surface area contributed by atoms with Gasteiger partial charge in [-0.1, -0.05) is 231 Å². The first-order valence-corrected chi connectivity index (χ1v) is 27.2. The third-order valence-corrected chi connectivity index (χ3v) is 17.6. The molecule has 0 aliphatic carbocycles. The van der Waals surface area contributed by atoms with E-state index in [-0.39, 0.29) is 0 Å². The van der Waals surface area contributed by atoms with Crippen molar-refractivity contribution >= 4 is 119 Å². The molecular weight excluding hydrogens is 941 g/mol. The lowest BCUT2D eigenvalue weighted by atomic mass is 9.81. The minimum atomic E-state index is 1.20. The predicted octanol–water partition coefficient (Wildman–Crippen LogP) is 20.9. The standard InChI is InChI=1S/C76H44N2/c1-3-19-45(20-4-1)47-27-15-31-53-63(47)43-64-48(46-21-5-2-6-22-46)28-16-32-54(64)71(53)72-55-33-17-29-49(57-39-41-59-51-23-7-11-35-67(51)77-69-37-13-9-25-61(69)73(57)75(59)77)65(55)44-66-50(30-18-34-56(66)72)58-40-42-60-52-24-8-12-36-68(52)78-70-38-14-10-26-62(70)74(58)76(60)78/h1-44H. The molecule has 2 heteroatoms. The third-order valence-electron chi connectivity index (χ3n) is 17.6. The van der Waals surface area contributed by atoms with Gasteiger partial charge in [-0.05, 0) is 135 Å². The Morgan fingerprint density at radius 2 is 0.487 bits per heavy atom. The van der Waals surface area contributed by atoms with Crippen molar-refractivity contribution in [2.45, 2.75) is 0 Å². The molecule has 358 valence electrons. The van der Waals surface area contributed by atoms with Crippen LogP contribution in [0.15, 0.2) is 267 Å². The predicted molar refractivity (Wildman–Crippen MR) is 333 cm³/mol. The Balaban J connectivity index is 1.04. The second kappa shape index (κ2) is 15.6. The third kappa shape index (κ3) is 5.50. The van der Waals surface area contributed by atoms with Crippen LogP contribution in [0.3, 0.4) is 0 Å². The van der Waals surface area contributed by atoms with Crippen molar-refractivity contribution in [1.82, 2.24) is 8.80 Å². The quantitative estimate of drug-likeness (QED) is 0.152. The van der Waals surface area contributed by atoms with Gasteiger partial charge in [-0.15, -0.1) is 0 Å². The average molecular weight is 985 g/mol. The Kier molecular flexibility index (Phi) is 8.42. The van der Waals surface area contributed by atoms with Gasteiger partial charge in [0.25, 0.3) is 0 Å². The monoisotopic (exact) mass is 984 g/mol. The number of nitrogens with zero attached hydrogens (tertiary/aromatic N) is 2. The van der Waals surface area contributed by atoms with Crippen LogP contribution >= 0.6 is 0 Å². The van der Waals surface area contributed by atoms with Crippen LogP contribution in [0.2, 0.25) is 0 Å². The van der Waals surface area contributed by atoms with E-state index in [1.165, 1.54) is 175 Å². The molecule has 0 fully saturated rings. The fourth-order valence-electron chi connectivity index (χ4n) is 14.5. The van der Waals surface area contributed by atoms with Gasteiger partial charge in [0.15, 0.2) is 0 Å². The summed E-state index contributed by atoms with van der Waals surface area (Å²) in [6.45, 7) is 0. The molecule has 2 nitrogen and oxygen atoms in total. The highest BCUT2D eigenvalue weighted by Crippen LogP contribution is 2.53. The normalized spacial score (nSPS) is 12.4. The van der Waals surface area contributed by atoms with Crippen molar-refractivity contribution in [3.63, 3.8) is 0 Å². The van der Waals surface area contributed by atoms with Gasteiger partial charge in [0.1, 0.15) is 0 Å². The molecule has 0 radical (unpaired) electrons. The van der Waals surface area contributed by atoms with Crippen LogP contribution in [-0.4, -0.2) is 8.80 Å². The van der Waals surface area contributed by atoms with E-state index in [1.54, 1.807) is 0 Å². The number of benzene rings is 14. The molecule has 0 aliphatic heterocycles. The highest BCUT2D eigenvalue weighted by Gasteiger charge is 2.27. The maximum absolute atomic E-state index is 2.55. The molecule has 0 spiro atoms. The summed E-state index contributed by atoms with van der Waals surface area (Å²) >= 11 is 0. The number of rotatable bonds is 5. The largest absolute Gasteiger partial charge is 0.308 e. The van der Waals surface area contributed by atoms with E-state index < -0.39 is 0 Å². The molecule has 0 atom stereocenters. The number of aromatic nitrogens is 2. The molecule has 18 aromatic rings. The fourth-order valence-corrected chi connectivity index (χ4v) is 14.5. The Hall–Kier alpha value is -10.3. The topological polar surface area (TPSA) is 8.82 Å². The Bertz CT molecular complexity index is 5210. The number of fused-ring (bicyclic) bond motifs is 16. The lowest BCUT2D eigenvalue weighted by molar-refractivity contribution is 1.37. The lowest BCUT2D eigenvalue weighted by Gasteiger charge is -2.22. The summed E-state index contributed by atoms with van der Waals surface area (Å²) in [6.07, 6.45) is 0. The molecule has 0 saturated heterocycles. The SMILES string of the molecule is c1ccc(-c2cccc3c(-c4c5cccc(-c6ccc7c8ccccc8n8c9ccccc9c6c78)c5cc5c(-c6ccc7c8ccccc8n8c9ccccc9c6c78)cccc45)c4cccc(-c5ccccc5)c4cc23)cc1. The lowest BCUT2D eigenvalue weighted by Crippen LogP contribution is -1.94. The van der Waals surface area contributed by atoms with Crippen LogP contribution in [-0.2, 0) is 0 Å². The number of hydrogen-bond donors (Lipinski definition) is 0. The Morgan fingerprint density at radius 3 is 0.885 bits per heavy atom. The van der Waals surface area contributed by atoms with E-state index in [9.17, 15) is 0 Å². The first kappa shape index (κ1) is 42.0. The van der Waals surface area contributed by atoms with Crippen molar-refractivity contribution in [3.8, 4) is 55.6 Å². The second-order valence-corrected chi connectivity index (χ2v) is 21.3. The van der Waals surface area contributed by atoms with Gasteiger partial charge < -0.3 is 8.80 Å². The van der Waals surface area contributed by atoms with Crippen LogP contribution in [0.1, 0.15) is 0 Å². The van der Waals surface area contributed by atoms with Crippen LogP contribution < -0.4 is 0 Å². The van der Waals surface area contributed by atoms with Crippen LogP contribution in [0.25, 0.3) is 175 Å².